The van der Waals surface area contributed by atoms with E-state index in [0.29, 0.717) is 10.0 Å². The van der Waals surface area contributed by atoms with Crippen LogP contribution in [-0.2, 0) is 6.42 Å². The molecule has 0 saturated carbocycles. The first-order valence-electron chi connectivity index (χ1n) is 3.74. The monoisotopic (exact) mass is 235 g/mol. The second-order valence-corrected chi connectivity index (χ2v) is 3.41. The van der Waals surface area contributed by atoms with Crippen LogP contribution in [0, 0.1) is 0 Å². The van der Waals surface area contributed by atoms with E-state index in [0.717, 1.165) is 11.9 Å². The maximum atomic E-state index is 5.74. The first-order valence-corrected chi connectivity index (χ1v) is 4.97. The summed E-state index contributed by atoms with van der Waals surface area (Å²) in [7, 11) is 0. The van der Waals surface area contributed by atoms with Gasteiger partial charge >= 0.3 is 0 Å². The summed E-state index contributed by atoms with van der Waals surface area (Å²) in [6, 6.07) is 5.59. The third kappa shape index (κ3) is 5.86. The van der Waals surface area contributed by atoms with Gasteiger partial charge in [-0.2, -0.15) is 0 Å². The fourth-order valence-corrected chi connectivity index (χ4v) is 1.39. The van der Waals surface area contributed by atoms with E-state index in [-0.39, 0.29) is 0 Å². The first-order chi connectivity index (χ1) is 6.13. The van der Waals surface area contributed by atoms with Crippen molar-refractivity contribution in [3.8, 4) is 0 Å². The predicted octanol–water partition coefficient (Wildman–Crippen LogP) is 3.46. The molecule has 72 valence electrons. The van der Waals surface area contributed by atoms with Gasteiger partial charge in [-0.25, -0.2) is 0 Å². The lowest BCUT2D eigenvalue weighted by Crippen LogP contribution is -1.79. The van der Waals surface area contributed by atoms with Crippen molar-refractivity contribution in [3.05, 3.63) is 33.8 Å². The van der Waals surface area contributed by atoms with E-state index < -0.39 is 0 Å². The second-order valence-electron chi connectivity index (χ2n) is 2.27. The standard InChI is InChI=1S/C8H8Cl2.CH3NS/c1-2-6-3-7(9)5-8(10)4-6;2-1-3/h3-5H,2H2,1H3;1H,(H2,2,3). The summed E-state index contributed by atoms with van der Waals surface area (Å²) in [4.78, 5) is 0. The Morgan fingerprint density at radius 2 is 1.69 bits per heavy atom. The van der Waals surface area contributed by atoms with Crippen LogP contribution in [0.25, 0.3) is 0 Å². The number of nitrogens with two attached hydrogens (primary N) is 1. The highest BCUT2D eigenvalue weighted by molar-refractivity contribution is 7.78. The Kier molecular flexibility index (Phi) is 6.96. The van der Waals surface area contributed by atoms with Crippen molar-refractivity contribution in [3.63, 3.8) is 0 Å². The average molecular weight is 236 g/mol. The van der Waals surface area contributed by atoms with E-state index in [1.807, 2.05) is 12.1 Å². The van der Waals surface area contributed by atoms with Crippen molar-refractivity contribution in [1.82, 2.24) is 0 Å². The molecule has 1 aromatic carbocycles. The summed E-state index contributed by atoms with van der Waals surface area (Å²) in [6.45, 7) is 2.07. The fraction of sp³-hybridized carbons (Fsp3) is 0.222. The summed E-state index contributed by atoms with van der Waals surface area (Å²) in [5.74, 6) is 0. The van der Waals surface area contributed by atoms with Crippen LogP contribution < -0.4 is 5.73 Å². The lowest BCUT2D eigenvalue weighted by atomic mass is 10.2. The van der Waals surface area contributed by atoms with E-state index >= 15 is 0 Å². The molecule has 0 radical (unpaired) electrons. The second kappa shape index (κ2) is 7.13. The molecular weight excluding hydrogens is 225 g/mol. The molecule has 1 rings (SSSR count). The smallest absolute Gasteiger partial charge is 0.0588 e. The number of rotatable bonds is 1. The van der Waals surface area contributed by atoms with Crippen LogP contribution in [0.5, 0.6) is 0 Å². The molecule has 4 heteroatoms. The molecule has 0 bridgehead atoms. The third-order valence-electron chi connectivity index (χ3n) is 1.33. The van der Waals surface area contributed by atoms with E-state index in [1.54, 1.807) is 6.07 Å². The maximum Gasteiger partial charge on any atom is 0.0588 e. The number of hydrogen-bond donors (Lipinski definition) is 1. The maximum absolute atomic E-state index is 5.74. The topological polar surface area (TPSA) is 26.0 Å². The normalized spacial score (nSPS) is 8.54. The average Bonchev–Trinajstić information content (AvgIpc) is 2.04. The molecular formula is C9H11Cl2NS. The summed E-state index contributed by atoms with van der Waals surface area (Å²) in [5.41, 5.74) is 6.80. The molecule has 0 unspecified atom stereocenters. The summed E-state index contributed by atoms with van der Waals surface area (Å²) < 4.78 is 0. The van der Waals surface area contributed by atoms with Crippen molar-refractivity contribution >= 4 is 40.9 Å². The predicted molar refractivity (Wildman–Crippen MR) is 63.7 cm³/mol. The molecule has 1 nitrogen and oxygen atoms in total. The minimum atomic E-state index is 0.712. The molecule has 0 heterocycles. The Labute approximate surface area is 93.8 Å². The number of thiocarbonyl (C=S) groups is 1. The van der Waals surface area contributed by atoms with Gasteiger partial charge in [-0.3, -0.25) is 0 Å². The van der Waals surface area contributed by atoms with Crippen LogP contribution in [0.2, 0.25) is 10.0 Å². The number of benzene rings is 1. The van der Waals surface area contributed by atoms with Crippen LogP contribution >= 0.6 is 35.4 Å². The Bertz CT molecular complexity index is 256. The van der Waals surface area contributed by atoms with Gasteiger partial charge in [0.25, 0.3) is 0 Å². The first kappa shape index (κ1) is 12.7. The van der Waals surface area contributed by atoms with E-state index in [4.69, 9.17) is 23.2 Å². The molecule has 0 amide bonds. The Balaban J connectivity index is 0.000000424. The number of aryl methyl sites for hydroxylation is 1. The minimum Gasteiger partial charge on any atom is -0.396 e. The molecule has 0 spiro atoms. The van der Waals surface area contributed by atoms with E-state index in [1.165, 1.54) is 5.56 Å². The van der Waals surface area contributed by atoms with Crippen molar-refractivity contribution in [2.24, 2.45) is 5.73 Å². The SMILES string of the molecule is CCc1cc(Cl)cc(Cl)c1.NC=S. The molecule has 1 aromatic rings. The highest BCUT2D eigenvalue weighted by atomic mass is 35.5. The third-order valence-corrected chi connectivity index (χ3v) is 1.77. The zero-order valence-electron chi connectivity index (χ0n) is 7.26. The van der Waals surface area contributed by atoms with Crippen LogP contribution in [0.1, 0.15) is 12.5 Å². The highest BCUT2D eigenvalue weighted by Crippen LogP contribution is 2.18. The van der Waals surface area contributed by atoms with Gasteiger partial charge in [-0.1, -0.05) is 42.3 Å². The molecule has 0 aliphatic carbocycles. The Morgan fingerprint density at radius 3 is 2.00 bits per heavy atom. The minimum absolute atomic E-state index is 0.712. The summed E-state index contributed by atoms with van der Waals surface area (Å²) in [5, 5.41) is 1.42. The van der Waals surface area contributed by atoms with Gasteiger partial charge in [0.1, 0.15) is 0 Å². The molecule has 2 N–H and O–H groups in total. The lowest BCUT2D eigenvalue weighted by Gasteiger charge is -1.97. The van der Waals surface area contributed by atoms with Gasteiger partial charge in [0.05, 0.1) is 5.49 Å². The fourth-order valence-electron chi connectivity index (χ4n) is 0.815. The van der Waals surface area contributed by atoms with E-state index in [9.17, 15) is 0 Å². The largest absolute Gasteiger partial charge is 0.396 e. The lowest BCUT2D eigenvalue weighted by molar-refractivity contribution is 1.14. The Morgan fingerprint density at radius 1 is 1.31 bits per heavy atom. The van der Waals surface area contributed by atoms with Crippen LogP contribution in [0.15, 0.2) is 18.2 Å². The van der Waals surface area contributed by atoms with Crippen molar-refractivity contribution in [2.45, 2.75) is 13.3 Å². The van der Waals surface area contributed by atoms with Crippen molar-refractivity contribution in [2.75, 3.05) is 0 Å². The Hall–Kier alpha value is -0.310. The molecule has 0 fully saturated rings. The zero-order valence-corrected chi connectivity index (χ0v) is 9.59. The van der Waals surface area contributed by atoms with Gasteiger partial charge in [-0.05, 0) is 30.2 Å². The van der Waals surface area contributed by atoms with Gasteiger partial charge in [0.15, 0.2) is 0 Å². The number of halogens is 2. The number of hydrogen-bond acceptors (Lipinski definition) is 1. The van der Waals surface area contributed by atoms with Crippen LogP contribution in [0.4, 0.5) is 0 Å². The van der Waals surface area contributed by atoms with Gasteiger partial charge in [0, 0.05) is 10.0 Å². The quantitative estimate of drug-likeness (QED) is 0.755. The highest BCUT2D eigenvalue weighted by Gasteiger charge is 1.94. The van der Waals surface area contributed by atoms with Crippen molar-refractivity contribution in [1.29, 1.82) is 0 Å². The van der Waals surface area contributed by atoms with E-state index in [2.05, 4.69) is 24.9 Å². The molecule has 0 atom stereocenters. The van der Waals surface area contributed by atoms with Gasteiger partial charge in [-0.15, -0.1) is 0 Å². The van der Waals surface area contributed by atoms with Crippen LogP contribution in [0.3, 0.4) is 0 Å². The van der Waals surface area contributed by atoms with Crippen molar-refractivity contribution < 1.29 is 0 Å². The molecule has 13 heavy (non-hydrogen) atoms. The summed E-state index contributed by atoms with van der Waals surface area (Å²) in [6.07, 6.45) is 0.972. The van der Waals surface area contributed by atoms with Gasteiger partial charge < -0.3 is 5.73 Å². The zero-order chi connectivity index (χ0) is 10.3. The molecule has 0 aliphatic heterocycles. The molecule has 0 aliphatic rings. The summed E-state index contributed by atoms with van der Waals surface area (Å²) >= 11 is 15.5. The van der Waals surface area contributed by atoms with Gasteiger partial charge in [0.2, 0.25) is 0 Å². The van der Waals surface area contributed by atoms with Crippen LogP contribution in [-0.4, -0.2) is 5.49 Å². The molecule has 0 saturated heterocycles. The molecule has 0 aromatic heterocycles.